The number of hydrogen-bond donors (Lipinski definition) is 0. The smallest absolute Gasteiger partial charge is 0.222 e. The number of ether oxygens (including phenoxy) is 1. The van der Waals surface area contributed by atoms with Crippen LogP contribution in [0, 0.1) is 17.2 Å². The number of amides is 1. The van der Waals surface area contributed by atoms with Crippen LogP contribution in [-0.2, 0) is 4.79 Å². The van der Waals surface area contributed by atoms with Crippen molar-refractivity contribution in [2.45, 2.75) is 6.42 Å². The van der Waals surface area contributed by atoms with Gasteiger partial charge in [-0.2, -0.15) is 5.26 Å². The Bertz CT molecular complexity index is 465. The predicted octanol–water partition coefficient (Wildman–Crippen LogP) is 1.42. The standard InChI is InChI=1S/C13H14N2O2/c1-15-8-10(6-13(15)16)9-17-12-5-3-2-4-11(12)7-14/h2-5,10H,6,8-9H2,1H3. The van der Waals surface area contributed by atoms with Crippen molar-refractivity contribution in [3.05, 3.63) is 29.8 Å². The Morgan fingerprint density at radius 1 is 1.53 bits per heavy atom. The lowest BCUT2D eigenvalue weighted by molar-refractivity contribution is -0.126. The first-order valence-electron chi connectivity index (χ1n) is 5.56. The molecule has 1 atom stereocenters. The molecular weight excluding hydrogens is 216 g/mol. The van der Waals surface area contributed by atoms with Crippen molar-refractivity contribution in [1.82, 2.24) is 4.90 Å². The third kappa shape index (κ3) is 2.56. The topological polar surface area (TPSA) is 53.3 Å². The lowest BCUT2D eigenvalue weighted by Crippen LogP contribution is -2.20. The van der Waals surface area contributed by atoms with Crippen molar-refractivity contribution >= 4 is 5.91 Å². The summed E-state index contributed by atoms with van der Waals surface area (Å²) in [5, 5.41) is 8.90. The van der Waals surface area contributed by atoms with Crippen molar-refractivity contribution in [2.75, 3.05) is 20.2 Å². The minimum atomic E-state index is 0.159. The van der Waals surface area contributed by atoms with Gasteiger partial charge in [-0.1, -0.05) is 12.1 Å². The zero-order chi connectivity index (χ0) is 12.3. The zero-order valence-corrected chi connectivity index (χ0v) is 9.72. The molecular formula is C13H14N2O2. The van der Waals surface area contributed by atoms with E-state index in [0.29, 0.717) is 24.3 Å². The molecule has 0 bridgehead atoms. The Morgan fingerprint density at radius 2 is 2.29 bits per heavy atom. The molecule has 1 saturated heterocycles. The maximum absolute atomic E-state index is 11.3. The van der Waals surface area contributed by atoms with Gasteiger partial charge in [-0.25, -0.2) is 0 Å². The summed E-state index contributed by atoms with van der Waals surface area (Å²) in [5.74, 6) is 0.975. The van der Waals surface area contributed by atoms with E-state index in [9.17, 15) is 4.79 Å². The van der Waals surface area contributed by atoms with Crippen LogP contribution in [-0.4, -0.2) is 31.0 Å². The number of carbonyl (C=O) groups excluding carboxylic acids is 1. The Balaban J connectivity index is 1.95. The molecule has 17 heavy (non-hydrogen) atoms. The lowest BCUT2D eigenvalue weighted by Gasteiger charge is -2.12. The third-order valence-electron chi connectivity index (χ3n) is 2.90. The molecule has 2 rings (SSSR count). The molecule has 4 nitrogen and oxygen atoms in total. The summed E-state index contributed by atoms with van der Waals surface area (Å²) in [6.07, 6.45) is 0.533. The molecule has 1 heterocycles. The van der Waals surface area contributed by atoms with Gasteiger partial charge in [0.05, 0.1) is 12.2 Å². The second-order valence-electron chi connectivity index (χ2n) is 4.26. The molecule has 1 fully saturated rings. The SMILES string of the molecule is CN1CC(COc2ccccc2C#N)CC1=O. The summed E-state index contributed by atoms with van der Waals surface area (Å²) >= 11 is 0. The summed E-state index contributed by atoms with van der Waals surface area (Å²) in [4.78, 5) is 13.0. The van der Waals surface area contributed by atoms with Crippen molar-refractivity contribution < 1.29 is 9.53 Å². The van der Waals surface area contributed by atoms with Crippen LogP contribution < -0.4 is 4.74 Å². The lowest BCUT2D eigenvalue weighted by atomic mass is 10.1. The molecule has 1 aromatic rings. The molecule has 0 saturated carbocycles. The summed E-state index contributed by atoms with van der Waals surface area (Å²) in [6.45, 7) is 1.21. The van der Waals surface area contributed by atoms with Crippen LogP contribution in [0.2, 0.25) is 0 Å². The molecule has 0 aliphatic carbocycles. The zero-order valence-electron chi connectivity index (χ0n) is 9.72. The van der Waals surface area contributed by atoms with E-state index in [0.717, 1.165) is 6.54 Å². The number of nitriles is 1. The normalized spacial score (nSPS) is 19.2. The fraction of sp³-hybridized carbons (Fsp3) is 0.385. The first kappa shape index (κ1) is 11.5. The Labute approximate surface area is 100 Å². The second kappa shape index (κ2) is 4.88. The van der Waals surface area contributed by atoms with E-state index in [4.69, 9.17) is 10.00 Å². The summed E-state index contributed by atoms with van der Waals surface area (Å²) in [5.41, 5.74) is 0.533. The van der Waals surface area contributed by atoms with E-state index in [1.165, 1.54) is 0 Å². The number of nitrogens with zero attached hydrogens (tertiary/aromatic N) is 2. The summed E-state index contributed by atoms with van der Waals surface area (Å²) in [6, 6.07) is 9.23. The highest BCUT2D eigenvalue weighted by Crippen LogP contribution is 2.21. The molecule has 1 aromatic carbocycles. The maximum atomic E-state index is 11.3. The molecule has 1 unspecified atom stereocenters. The number of carbonyl (C=O) groups is 1. The van der Waals surface area contributed by atoms with Crippen molar-refractivity contribution in [1.29, 1.82) is 5.26 Å². The van der Waals surface area contributed by atoms with E-state index in [2.05, 4.69) is 6.07 Å². The van der Waals surface area contributed by atoms with E-state index in [1.54, 1.807) is 30.1 Å². The first-order valence-corrected chi connectivity index (χ1v) is 5.56. The van der Waals surface area contributed by atoms with Crippen LogP contribution in [0.15, 0.2) is 24.3 Å². The molecule has 0 aromatic heterocycles. The first-order chi connectivity index (χ1) is 8.20. The van der Waals surface area contributed by atoms with Crippen LogP contribution in [0.25, 0.3) is 0 Å². The quantitative estimate of drug-likeness (QED) is 0.789. The Morgan fingerprint density at radius 3 is 2.94 bits per heavy atom. The minimum Gasteiger partial charge on any atom is -0.492 e. The van der Waals surface area contributed by atoms with Gasteiger partial charge in [0.1, 0.15) is 11.8 Å². The molecule has 0 spiro atoms. The predicted molar refractivity (Wildman–Crippen MR) is 62.4 cm³/mol. The van der Waals surface area contributed by atoms with Crippen LogP contribution in [0.4, 0.5) is 0 Å². The average molecular weight is 230 g/mol. The molecule has 4 heteroatoms. The Hall–Kier alpha value is -2.02. The van der Waals surface area contributed by atoms with Gasteiger partial charge in [-0.05, 0) is 12.1 Å². The van der Waals surface area contributed by atoms with Gasteiger partial charge < -0.3 is 9.64 Å². The van der Waals surface area contributed by atoms with Crippen LogP contribution >= 0.6 is 0 Å². The van der Waals surface area contributed by atoms with Crippen LogP contribution in [0.1, 0.15) is 12.0 Å². The van der Waals surface area contributed by atoms with Crippen molar-refractivity contribution in [3.8, 4) is 11.8 Å². The summed E-state index contributed by atoms with van der Waals surface area (Å²) < 4.78 is 5.61. The molecule has 1 aliphatic heterocycles. The highest BCUT2D eigenvalue weighted by Gasteiger charge is 2.27. The van der Waals surface area contributed by atoms with Gasteiger partial charge in [-0.3, -0.25) is 4.79 Å². The fourth-order valence-electron chi connectivity index (χ4n) is 1.96. The molecule has 88 valence electrons. The van der Waals surface area contributed by atoms with E-state index in [-0.39, 0.29) is 11.8 Å². The molecule has 0 radical (unpaired) electrons. The van der Waals surface area contributed by atoms with Gasteiger partial charge >= 0.3 is 0 Å². The van der Waals surface area contributed by atoms with E-state index in [1.807, 2.05) is 6.07 Å². The highest BCUT2D eigenvalue weighted by atomic mass is 16.5. The fourth-order valence-corrected chi connectivity index (χ4v) is 1.96. The highest BCUT2D eigenvalue weighted by molar-refractivity contribution is 5.78. The van der Waals surface area contributed by atoms with Gasteiger partial charge in [0.2, 0.25) is 5.91 Å². The maximum Gasteiger partial charge on any atom is 0.222 e. The third-order valence-corrected chi connectivity index (χ3v) is 2.90. The summed E-state index contributed by atoms with van der Waals surface area (Å²) in [7, 11) is 1.80. The van der Waals surface area contributed by atoms with Crippen LogP contribution in [0.5, 0.6) is 5.75 Å². The molecule has 1 amide bonds. The average Bonchev–Trinajstić information content (AvgIpc) is 2.66. The number of benzene rings is 1. The molecule has 1 aliphatic rings. The van der Waals surface area contributed by atoms with Crippen LogP contribution in [0.3, 0.4) is 0 Å². The molecule has 0 N–H and O–H groups in total. The number of likely N-dealkylation sites (tertiary alicyclic amines) is 1. The van der Waals surface area contributed by atoms with E-state index >= 15 is 0 Å². The minimum absolute atomic E-state index is 0.159. The monoisotopic (exact) mass is 230 g/mol. The van der Waals surface area contributed by atoms with Crippen molar-refractivity contribution in [2.24, 2.45) is 5.92 Å². The second-order valence-corrected chi connectivity index (χ2v) is 4.26. The van der Waals surface area contributed by atoms with Gasteiger partial charge in [-0.15, -0.1) is 0 Å². The van der Waals surface area contributed by atoms with Gasteiger partial charge in [0.15, 0.2) is 0 Å². The number of hydrogen-bond acceptors (Lipinski definition) is 3. The van der Waals surface area contributed by atoms with Gasteiger partial charge in [0.25, 0.3) is 0 Å². The number of para-hydroxylation sites is 1. The van der Waals surface area contributed by atoms with Gasteiger partial charge in [0, 0.05) is 25.9 Å². The Kier molecular flexibility index (Phi) is 3.29. The van der Waals surface area contributed by atoms with Crippen molar-refractivity contribution in [3.63, 3.8) is 0 Å². The van der Waals surface area contributed by atoms with E-state index < -0.39 is 0 Å². The number of rotatable bonds is 3. The largest absolute Gasteiger partial charge is 0.492 e.